The van der Waals surface area contributed by atoms with Crippen LogP contribution in [0.15, 0.2) is 18.2 Å². The molecule has 1 rings (SSSR count). The monoisotopic (exact) mass is 264 g/mol. The minimum Gasteiger partial charge on any atom is -0.493 e. The van der Waals surface area contributed by atoms with Gasteiger partial charge in [-0.3, -0.25) is 4.79 Å². The van der Waals surface area contributed by atoms with Gasteiger partial charge in [-0.05, 0) is 44.9 Å². The van der Waals surface area contributed by atoms with Crippen LogP contribution in [0.5, 0.6) is 5.75 Å². The largest absolute Gasteiger partial charge is 0.493 e. The first-order valence-corrected chi connectivity index (χ1v) is 6.68. The molecule has 0 aliphatic carbocycles. The van der Waals surface area contributed by atoms with Crippen molar-refractivity contribution in [3.63, 3.8) is 0 Å². The number of benzene rings is 1. The highest BCUT2D eigenvalue weighted by molar-refractivity contribution is 5.76. The smallest absolute Gasteiger partial charge is 0.223 e. The van der Waals surface area contributed by atoms with Crippen LogP contribution in [0, 0.1) is 6.92 Å². The molecule has 4 nitrogen and oxygen atoms in total. The predicted molar refractivity (Wildman–Crippen MR) is 77.2 cm³/mol. The van der Waals surface area contributed by atoms with Gasteiger partial charge < -0.3 is 15.8 Å². The molecule has 0 aliphatic rings. The lowest BCUT2D eigenvalue weighted by atomic mass is 10.1. The second-order valence-corrected chi connectivity index (χ2v) is 5.13. The number of nitrogens with two attached hydrogens (primary N) is 1. The molecule has 0 heterocycles. The summed E-state index contributed by atoms with van der Waals surface area (Å²) < 4.78 is 5.62. The van der Waals surface area contributed by atoms with E-state index in [1.165, 1.54) is 0 Å². The Bertz CT molecular complexity index is 428. The summed E-state index contributed by atoms with van der Waals surface area (Å²) >= 11 is 0. The Morgan fingerprint density at radius 3 is 2.58 bits per heavy atom. The quantitative estimate of drug-likeness (QED) is 0.828. The highest BCUT2D eigenvalue weighted by Gasteiger charge is 2.06. The Morgan fingerprint density at radius 1 is 1.37 bits per heavy atom. The number of hydrogen-bond acceptors (Lipinski definition) is 3. The lowest BCUT2D eigenvalue weighted by molar-refractivity contribution is -0.122. The highest BCUT2D eigenvalue weighted by atomic mass is 16.5. The Balaban J connectivity index is 2.48. The number of hydrogen-bond donors (Lipinski definition) is 2. The number of carbonyl (C=O) groups excluding carboxylic acids is 1. The zero-order chi connectivity index (χ0) is 14.4. The van der Waals surface area contributed by atoms with Crippen LogP contribution in [-0.2, 0) is 4.79 Å². The molecule has 4 heteroatoms. The van der Waals surface area contributed by atoms with Gasteiger partial charge in [-0.1, -0.05) is 12.1 Å². The number of nitrogens with one attached hydrogen (secondary N) is 1. The first-order valence-electron chi connectivity index (χ1n) is 6.68. The van der Waals surface area contributed by atoms with E-state index >= 15 is 0 Å². The van der Waals surface area contributed by atoms with Crippen LogP contribution in [0.3, 0.4) is 0 Å². The van der Waals surface area contributed by atoms with E-state index in [4.69, 9.17) is 10.5 Å². The van der Waals surface area contributed by atoms with Crippen molar-refractivity contribution in [3.05, 3.63) is 29.3 Å². The van der Waals surface area contributed by atoms with Gasteiger partial charge in [-0.15, -0.1) is 0 Å². The van der Waals surface area contributed by atoms with Crippen molar-refractivity contribution in [1.82, 2.24) is 5.32 Å². The lowest BCUT2D eigenvalue weighted by Crippen LogP contribution is -2.31. The van der Waals surface area contributed by atoms with E-state index in [0.717, 1.165) is 16.9 Å². The summed E-state index contributed by atoms with van der Waals surface area (Å²) in [4.78, 5) is 11.5. The Hall–Kier alpha value is -1.55. The van der Waals surface area contributed by atoms with Gasteiger partial charge >= 0.3 is 0 Å². The predicted octanol–water partition coefficient (Wildman–Crippen LogP) is 2.31. The standard InChI is InChI=1S/C15H24N2O2/c1-10(2)17-15(18)7-8-19-14-6-5-13(12(4)16)9-11(14)3/h5-6,9-10,12H,7-8,16H2,1-4H3,(H,17,18). The van der Waals surface area contributed by atoms with Gasteiger partial charge in [0.25, 0.3) is 0 Å². The fourth-order valence-electron chi connectivity index (χ4n) is 1.77. The highest BCUT2D eigenvalue weighted by Crippen LogP contribution is 2.21. The summed E-state index contributed by atoms with van der Waals surface area (Å²) in [7, 11) is 0. The summed E-state index contributed by atoms with van der Waals surface area (Å²) in [6, 6.07) is 6.08. The first-order chi connectivity index (χ1) is 8.90. The molecular weight excluding hydrogens is 240 g/mol. The van der Waals surface area contributed by atoms with Crippen LogP contribution in [0.1, 0.15) is 44.4 Å². The van der Waals surface area contributed by atoms with E-state index in [9.17, 15) is 4.79 Å². The second kappa shape index (κ2) is 7.14. The van der Waals surface area contributed by atoms with Crippen molar-refractivity contribution in [1.29, 1.82) is 0 Å². The van der Waals surface area contributed by atoms with Crippen LogP contribution in [-0.4, -0.2) is 18.6 Å². The summed E-state index contributed by atoms with van der Waals surface area (Å²) in [6.45, 7) is 8.20. The Morgan fingerprint density at radius 2 is 2.05 bits per heavy atom. The van der Waals surface area contributed by atoms with Crippen molar-refractivity contribution in [3.8, 4) is 5.75 Å². The van der Waals surface area contributed by atoms with Crippen LogP contribution in [0.4, 0.5) is 0 Å². The van der Waals surface area contributed by atoms with E-state index in [2.05, 4.69) is 5.32 Å². The second-order valence-electron chi connectivity index (χ2n) is 5.13. The molecule has 3 N–H and O–H groups in total. The fourth-order valence-corrected chi connectivity index (χ4v) is 1.77. The van der Waals surface area contributed by atoms with Crippen molar-refractivity contribution < 1.29 is 9.53 Å². The Labute approximate surface area is 115 Å². The minimum atomic E-state index is 0.0138. The van der Waals surface area contributed by atoms with Gasteiger partial charge in [0.05, 0.1) is 13.0 Å². The van der Waals surface area contributed by atoms with Gasteiger partial charge in [0.1, 0.15) is 5.75 Å². The van der Waals surface area contributed by atoms with Crippen molar-refractivity contribution in [2.24, 2.45) is 5.73 Å². The maximum absolute atomic E-state index is 11.5. The Kier molecular flexibility index (Phi) is 5.83. The summed E-state index contributed by atoms with van der Waals surface area (Å²) in [5.41, 5.74) is 7.95. The molecule has 0 saturated carbocycles. The molecule has 1 aromatic carbocycles. The molecule has 0 radical (unpaired) electrons. The van der Waals surface area contributed by atoms with Gasteiger partial charge in [-0.2, -0.15) is 0 Å². The molecule has 0 spiro atoms. The van der Waals surface area contributed by atoms with Gasteiger partial charge in [0, 0.05) is 12.1 Å². The van der Waals surface area contributed by atoms with Crippen LogP contribution in [0.25, 0.3) is 0 Å². The molecule has 0 bridgehead atoms. The molecule has 0 aromatic heterocycles. The zero-order valence-electron chi connectivity index (χ0n) is 12.2. The van der Waals surface area contributed by atoms with Gasteiger partial charge in [0.2, 0.25) is 5.91 Å². The molecule has 19 heavy (non-hydrogen) atoms. The lowest BCUT2D eigenvalue weighted by Gasteiger charge is -2.13. The normalized spacial score (nSPS) is 12.3. The molecule has 0 saturated heterocycles. The summed E-state index contributed by atoms with van der Waals surface area (Å²) in [5, 5.41) is 2.83. The third kappa shape index (κ3) is 5.30. The SMILES string of the molecule is Cc1cc(C(C)N)ccc1OCCC(=O)NC(C)C. The minimum absolute atomic E-state index is 0.0138. The molecule has 1 amide bonds. The van der Waals surface area contributed by atoms with Crippen LogP contribution in [0.2, 0.25) is 0 Å². The number of ether oxygens (including phenoxy) is 1. The van der Waals surface area contributed by atoms with Crippen molar-refractivity contribution in [2.75, 3.05) is 6.61 Å². The number of rotatable bonds is 6. The number of amides is 1. The summed E-state index contributed by atoms with van der Waals surface area (Å²) in [5.74, 6) is 0.821. The first kappa shape index (κ1) is 15.5. The summed E-state index contributed by atoms with van der Waals surface area (Å²) in [6.07, 6.45) is 0.368. The van der Waals surface area contributed by atoms with Crippen molar-refractivity contribution >= 4 is 5.91 Å². The molecule has 0 fully saturated rings. The third-order valence-electron chi connectivity index (χ3n) is 2.76. The zero-order valence-corrected chi connectivity index (χ0v) is 12.2. The maximum Gasteiger partial charge on any atom is 0.223 e. The van der Waals surface area contributed by atoms with E-state index < -0.39 is 0 Å². The number of aryl methyl sites for hydroxylation is 1. The molecule has 106 valence electrons. The molecule has 0 aliphatic heterocycles. The van der Waals surface area contributed by atoms with E-state index in [-0.39, 0.29) is 18.0 Å². The molecule has 1 aromatic rings. The van der Waals surface area contributed by atoms with Crippen molar-refractivity contribution in [2.45, 2.75) is 46.2 Å². The van der Waals surface area contributed by atoms with E-state index in [1.54, 1.807) is 0 Å². The fraction of sp³-hybridized carbons (Fsp3) is 0.533. The molecular formula is C15H24N2O2. The van der Waals surface area contributed by atoms with Crippen LogP contribution >= 0.6 is 0 Å². The van der Waals surface area contributed by atoms with Gasteiger partial charge in [0.15, 0.2) is 0 Å². The van der Waals surface area contributed by atoms with E-state index in [1.807, 2.05) is 45.9 Å². The van der Waals surface area contributed by atoms with E-state index in [0.29, 0.717) is 13.0 Å². The maximum atomic E-state index is 11.5. The van der Waals surface area contributed by atoms with Gasteiger partial charge in [-0.25, -0.2) is 0 Å². The van der Waals surface area contributed by atoms with Crippen LogP contribution < -0.4 is 15.8 Å². The number of carbonyl (C=O) groups is 1. The average molecular weight is 264 g/mol. The molecule has 1 atom stereocenters. The topological polar surface area (TPSA) is 64.3 Å². The average Bonchev–Trinajstić information content (AvgIpc) is 2.29. The molecule has 1 unspecified atom stereocenters. The third-order valence-corrected chi connectivity index (χ3v) is 2.76.